The Balaban J connectivity index is 1.71. The van der Waals surface area contributed by atoms with Gasteiger partial charge in [-0.05, 0) is 48.5 Å². The van der Waals surface area contributed by atoms with Crippen molar-refractivity contribution in [2.45, 2.75) is 70.3 Å². The van der Waals surface area contributed by atoms with Crippen LogP contribution in [-0.4, -0.2) is 47.8 Å². The number of nitro benzene ring substituents is 1. The van der Waals surface area contributed by atoms with Crippen LogP contribution in [0, 0.1) is 16.0 Å². The number of nitrogens with zero attached hydrogens (tertiary/aromatic N) is 2. The maximum absolute atomic E-state index is 13.3. The third-order valence-corrected chi connectivity index (χ3v) is 13.7. The van der Waals surface area contributed by atoms with Crippen LogP contribution < -0.4 is 0 Å². The van der Waals surface area contributed by atoms with Gasteiger partial charge in [-0.2, -0.15) is 0 Å². The zero-order valence-corrected chi connectivity index (χ0v) is 23.2. The number of carbonyl (C=O) groups is 2. The summed E-state index contributed by atoms with van der Waals surface area (Å²) in [5, 5.41) is 10.7. The molecular formula is C23H32N2O6S2Si. The number of thioether (sulfide) groups is 2. The Morgan fingerprint density at radius 1 is 1.29 bits per heavy atom. The lowest BCUT2D eigenvalue weighted by Crippen LogP contribution is -2.63. The minimum absolute atomic E-state index is 0.0277. The minimum atomic E-state index is -2.07. The lowest BCUT2D eigenvalue weighted by Gasteiger charge is -2.48. The van der Waals surface area contributed by atoms with Crippen molar-refractivity contribution < 1.29 is 23.7 Å². The van der Waals surface area contributed by atoms with Gasteiger partial charge in [0.2, 0.25) is 5.91 Å². The van der Waals surface area contributed by atoms with E-state index >= 15 is 0 Å². The number of benzene rings is 1. The highest BCUT2D eigenvalue weighted by Crippen LogP contribution is 2.54. The average Bonchev–Trinajstić information content (AvgIpc) is 3.11. The molecule has 2 aliphatic rings. The molecule has 0 bridgehead atoms. The van der Waals surface area contributed by atoms with Crippen molar-refractivity contribution in [2.75, 3.05) is 6.26 Å². The van der Waals surface area contributed by atoms with Gasteiger partial charge in [0.15, 0.2) is 14.0 Å². The number of carbonyl (C=O) groups excluding carboxylic acids is 2. The van der Waals surface area contributed by atoms with Crippen LogP contribution in [-0.2, 0) is 25.4 Å². The fourth-order valence-electron chi connectivity index (χ4n) is 3.68. The van der Waals surface area contributed by atoms with E-state index in [4.69, 9.17) is 9.16 Å². The second kappa shape index (κ2) is 10.0. The summed E-state index contributed by atoms with van der Waals surface area (Å²) < 4.78 is 12.9. The maximum Gasteiger partial charge on any atom is 0.357 e. The van der Waals surface area contributed by atoms with Gasteiger partial charge >= 0.3 is 5.97 Å². The smallest absolute Gasteiger partial charge is 0.357 e. The standard InChI is InChI=1S/C23H32N2O6S2Si/c1-8-16(31-34(6,7)23(2,3)4)17-19(26)24-18(22(32-5)33-20(17)24)21(27)30-13-14-9-11-15(12-10-14)25(28)29/h9-12,16-17,20H,8,13H2,1-7H3/t16-,17+,20+/m0/s1. The molecule has 0 aliphatic carbocycles. The SMILES string of the molecule is CC[C@H](O[Si](C)(C)C(C)(C)C)[C@@H]1C(=O)N2C(C(=O)OCc3ccc([N+](=O)[O-])cc3)=C(SC)S[C@H]12. The van der Waals surface area contributed by atoms with E-state index in [2.05, 4.69) is 33.9 Å². The summed E-state index contributed by atoms with van der Waals surface area (Å²) in [5.74, 6) is -0.969. The second-order valence-corrected chi connectivity index (χ2v) is 16.9. The molecular weight excluding hydrogens is 492 g/mol. The predicted molar refractivity (Wildman–Crippen MR) is 138 cm³/mol. The van der Waals surface area contributed by atoms with Gasteiger partial charge in [0.1, 0.15) is 12.0 Å². The number of hydrogen-bond donors (Lipinski definition) is 0. The molecule has 0 radical (unpaired) electrons. The van der Waals surface area contributed by atoms with Crippen molar-refractivity contribution >= 4 is 49.4 Å². The summed E-state index contributed by atoms with van der Waals surface area (Å²) in [6.07, 6.45) is 2.41. The van der Waals surface area contributed by atoms with Crippen molar-refractivity contribution in [1.29, 1.82) is 0 Å². The summed E-state index contributed by atoms with van der Waals surface area (Å²) >= 11 is 2.94. The molecule has 3 atom stereocenters. The number of esters is 1. The molecule has 1 aromatic rings. The molecule has 8 nitrogen and oxygen atoms in total. The van der Waals surface area contributed by atoms with Crippen molar-refractivity contribution in [3.05, 3.63) is 49.9 Å². The fourth-order valence-corrected chi connectivity index (χ4v) is 7.42. The van der Waals surface area contributed by atoms with Gasteiger partial charge in [-0.15, -0.1) is 11.8 Å². The van der Waals surface area contributed by atoms with E-state index in [1.807, 2.05) is 13.2 Å². The van der Waals surface area contributed by atoms with Gasteiger partial charge in [-0.1, -0.05) is 39.5 Å². The number of fused-ring (bicyclic) bond motifs is 1. The van der Waals surface area contributed by atoms with Crippen LogP contribution in [0.2, 0.25) is 18.1 Å². The Morgan fingerprint density at radius 2 is 1.91 bits per heavy atom. The van der Waals surface area contributed by atoms with Crippen molar-refractivity contribution in [3.63, 3.8) is 0 Å². The Kier molecular flexibility index (Phi) is 7.91. The van der Waals surface area contributed by atoms with E-state index in [9.17, 15) is 19.7 Å². The number of nitro groups is 1. The summed E-state index contributed by atoms with van der Waals surface area (Å²) in [7, 11) is -2.07. The largest absolute Gasteiger partial charge is 0.456 e. The number of non-ortho nitro benzene ring substituents is 1. The van der Waals surface area contributed by atoms with Crippen LogP contribution in [0.25, 0.3) is 0 Å². The summed E-state index contributed by atoms with van der Waals surface area (Å²) in [6.45, 7) is 12.9. The zero-order valence-electron chi connectivity index (χ0n) is 20.6. The van der Waals surface area contributed by atoms with Gasteiger partial charge in [0, 0.05) is 12.1 Å². The van der Waals surface area contributed by atoms with Gasteiger partial charge in [0.05, 0.1) is 21.2 Å². The molecule has 0 spiro atoms. The first kappa shape index (κ1) is 26.8. The van der Waals surface area contributed by atoms with Gasteiger partial charge in [-0.25, -0.2) is 4.79 Å². The van der Waals surface area contributed by atoms with Gasteiger partial charge in [0.25, 0.3) is 5.69 Å². The minimum Gasteiger partial charge on any atom is -0.456 e. The van der Waals surface area contributed by atoms with Gasteiger partial charge in [-0.3, -0.25) is 19.8 Å². The first-order valence-electron chi connectivity index (χ1n) is 11.2. The Hall–Kier alpha value is -1.82. The molecule has 2 heterocycles. The molecule has 1 aromatic carbocycles. The fraction of sp³-hybridized carbons (Fsp3) is 0.565. The molecule has 1 amide bonds. The molecule has 0 aromatic heterocycles. The average molecular weight is 525 g/mol. The maximum atomic E-state index is 13.3. The van der Waals surface area contributed by atoms with E-state index in [0.717, 1.165) is 10.7 Å². The van der Waals surface area contributed by atoms with Crippen LogP contribution in [0.1, 0.15) is 39.7 Å². The summed E-state index contributed by atoms with van der Waals surface area (Å²) in [4.78, 5) is 38.1. The van der Waals surface area contributed by atoms with E-state index in [1.54, 1.807) is 17.0 Å². The first-order valence-corrected chi connectivity index (χ1v) is 16.2. The normalized spacial score (nSPS) is 21.3. The summed E-state index contributed by atoms with van der Waals surface area (Å²) in [5.41, 5.74) is 0.891. The molecule has 2 aliphatic heterocycles. The van der Waals surface area contributed by atoms with E-state index < -0.39 is 19.2 Å². The lowest BCUT2D eigenvalue weighted by atomic mass is 9.90. The molecule has 0 saturated carbocycles. The number of hydrogen-bond acceptors (Lipinski definition) is 8. The van der Waals surface area contributed by atoms with Crippen LogP contribution >= 0.6 is 23.5 Å². The quantitative estimate of drug-likeness (QED) is 0.137. The van der Waals surface area contributed by atoms with Crippen molar-refractivity contribution in [3.8, 4) is 0 Å². The molecule has 0 unspecified atom stereocenters. The molecule has 34 heavy (non-hydrogen) atoms. The number of β-lactam (4-membered cyclic amide) rings is 1. The Bertz CT molecular complexity index is 1010. The molecule has 1 saturated heterocycles. The third kappa shape index (κ3) is 5.07. The third-order valence-electron chi connectivity index (χ3n) is 6.70. The van der Waals surface area contributed by atoms with Crippen LogP contribution in [0.15, 0.2) is 34.2 Å². The highest BCUT2D eigenvalue weighted by molar-refractivity contribution is 8.22. The number of amides is 1. The number of ether oxygens (including phenoxy) is 1. The molecule has 0 N–H and O–H groups in total. The van der Waals surface area contributed by atoms with E-state index in [1.165, 1.54) is 35.7 Å². The Labute approximate surface area is 210 Å². The van der Waals surface area contributed by atoms with Crippen LogP contribution in [0.4, 0.5) is 5.69 Å². The van der Waals surface area contributed by atoms with Crippen molar-refractivity contribution in [1.82, 2.24) is 4.90 Å². The molecule has 186 valence electrons. The first-order chi connectivity index (χ1) is 15.8. The highest BCUT2D eigenvalue weighted by Gasteiger charge is 2.59. The lowest BCUT2D eigenvalue weighted by molar-refractivity contribution is -0.384. The molecule has 1 fully saturated rings. The Morgan fingerprint density at radius 3 is 2.41 bits per heavy atom. The van der Waals surface area contributed by atoms with Gasteiger partial charge < -0.3 is 9.16 Å². The number of rotatable bonds is 9. The molecule has 11 heteroatoms. The topological polar surface area (TPSA) is 99.0 Å². The summed E-state index contributed by atoms with van der Waals surface area (Å²) in [6, 6.07) is 5.84. The van der Waals surface area contributed by atoms with Crippen LogP contribution in [0.5, 0.6) is 0 Å². The van der Waals surface area contributed by atoms with E-state index in [-0.39, 0.29) is 46.3 Å². The van der Waals surface area contributed by atoms with Crippen LogP contribution in [0.3, 0.4) is 0 Å². The molecule has 3 rings (SSSR count). The monoisotopic (exact) mass is 524 g/mol. The van der Waals surface area contributed by atoms with Crippen molar-refractivity contribution in [2.24, 2.45) is 5.92 Å². The zero-order chi connectivity index (χ0) is 25.4. The predicted octanol–water partition coefficient (Wildman–Crippen LogP) is 5.50. The van der Waals surface area contributed by atoms with E-state index in [0.29, 0.717) is 5.56 Å². The second-order valence-electron chi connectivity index (χ2n) is 9.91. The highest BCUT2D eigenvalue weighted by atomic mass is 32.2.